The third-order valence-electron chi connectivity index (χ3n) is 2.04. The Hall–Kier alpha value is -1.08. The number of halogens is 6. The highest BCUT2D eigenvalue weighted by molar-refractivity contribution is 6.02. The molecular formula is C10H12F6O2. The second-order valence-electron chi connectivity index (χ2n) is 4.23. The van der Waals surface area contributed by atoms with Crippen LogP contribution in [0.4, 0.5) is 26.3 Å². The summed E-state index contributed by atoms with van der Waals surface area (Å²) in [6, 6.07) is 0. The molecule has 0 saturated heterocycles. The maximum Gasteiger partial charge on any atom is 0.376 e. The minimum absolute atomic E-state index is 0.255. The van der Waals surface area contributed by atoms with Crippen LogP contribution in [0.15, 0.2) is 0 Å². The lowest BCUT2D eigenvalue weighted by atomic mass is 9.98. The van der Waals surface area contributed by atoms with Crippen molar-refractivity contribution in [3.63, 3.8) is 0 Å². The minimum Gasteiger partial charge on any atom is -0.299 e. The monoisotopic (exact) mass is 278 g/mol. The number of ketones is 2. The average Bonchev–Trinajstić information content (AvgIpc) is 2.15. The number of carbonyl (C=O) groups excluding carboxylic acids is 2. The van der Waals surface area contributed by atoms with Gasteiger partial charge in [0.2, 0.25) is 5.78 Å². The molecule has 0 aliphatic heterocycles. The van der Waals surface area contributed by atoms with E-state index in [4.69, 9.17) is 0 Å². The van der Waals surface area contributed by atoms with Crippen LogP contribution in [0.2, 0.25) is 0 Å². The third-order valence-corrected chi connectivity index (χ3v) is 2.04. The molecule has 0 unspecified atom stereocenters. The van der Waals surface area contributed by atoms with Crippen LogP contribution < -0.4 is 0 Å². The minimum atomic E-state index is -5.78. The van der Waals surface area contributed by atoms with E-state index in [0.29, 0.717) is 0 Å². The standard InChI is InChI=1S/C10H12F6O2/c1-5(2)3-6(17)4-7(18)9(13,14)10(15,16)8(11)12/h5,8H,3-4H2,1-2H3. The SMILES string of the molecule is CC(C)CC(=O)CC(=O)C(F)(F)C(F)(F)C(F)F. The van der Waals surface area contributed by atoms with Gasteiger partial charge in [-0.25, -0.2) is 8.78 Å². The van der Waals surface area contributed by atoms with Gasteiger partial charge in [0.25, 0.3) is 0 Å². The van der Waals surface area contributed by atoms with E-state index >= 15 is 0 Å². The fraction of sp³-hybridized carbons (Fsp3) is 0.800. The molecule has 0 radical (unpaired) electrons. The van der Waals surface area contributed by atoms with Gasteiger partial charge in [-0.2, -0.15) is 17.6 Å². The first-order chi connectivity index (χ1) is 7.92. The van der Waals surface area contributed by atoms with E-state index in [1.807, 2.05) is 0 Å². The third kappa shape index (κ3) is 3.71. The summed E-state index contributed by atoms with van der Waals surface area (Å²) in [5, 5.41) is 0. The number of hydrogen-bond donors (Lipinski definition) is 0. The highest BCUT2D eigenvalue weighted by Crippen LogP contribution is 2.40. The van der Waals surface area contributed by atoms with Crippen molar-refractivity contribution in [1.82, 2.24) is 0 Å². The molecule has 2 nitrogen and oxygen atoms in total. The van der Waals surface area contributed by atoms with Crippen molar-refractivity contribution in [2.75, 3.05) is 0 Å². The predicted molar refractivity (Wildman–Crippen MR) is 50.0 cm³/mol. The van der Waals surface area contributed by atoms with Crippen LogP contribution in [0.5, 0.6) is 0 Å². The highest BCUT2D eigenvalue weighted by Gasteiger charge is 2.67. The lowest BCUT2D eigenvalue weighted by Crippen LogP contribution is -2.52. The number of rotatable bonds is 7. The van der Waals surface area contributed by atoms with Gasteiger partial charge in [0, 0.05) is 6.42 Å². The maximum atomic E-state index is 12.8. The van der Waals surface area contributed by atoms with Crippen LogP contribution in [-0.4, -0.2) is 29.8 Å². The second kappa shape index (κ2) is 5.71. The molecule has 0 spiro atoms. The quantitative estimate of drug-likeness (QED) is 0.529. The second-order valence-corrected chi connectivity index (χ2v) is 4.23. The van der Waals surface area contributed by atoms with E-state index in [-0.39, 0.29) is 12.3 Å². The zero-order chi connectivity index (χ0) is 14.7. The molecule has 0 aliphatic rings. The molecule has 0 aromatic carbocycles. The summed E-state index contributed by atoms with van der Waals surface area (Å²) < 4.78 is 74.0. The van der Waals surface area contributed by atoms with Gasteiger partial charge >= 0.3 is 18.3 Å². The average molecular weight is 278 g/mol. The number of Topliss-reactive ketones (excluding diaryl/α,β-unsaturated/α-hetero) is 2. The van der Waals surface area contributed by atoms with Crippen LogP contribution in [-0.2, 0) is 9.59 Å². The molecule has 0 aromatic rings. The van der Waals surface area contributed by atoms with E-state index in [2.05, 4.69) is 0 Å². The Morgan fingerprint density at radius 1 is 1.06 bits per heavy atom. The van der Waals surface area contributed by atoms with Gasteiger partial charge in [0.05, 0.1) is 6.42 Å². The van der Waals surface area contributed by atoms with Crippen LogP contribution in [0, 0.1) is 5.92 Å². The van der Waals surface area contributed by atoms with Crippen molar-refractivity contribution >= 4 is 11.6 Å². The molecule has 0 heterocycles. The normalized spacial score (nSPS) is 13.2. The molecule has 0 amide bonds. The zero-order valence-electron chi connectivity index (χ0n) is 9.65. The Balaban J connectivity index is 4.82. The van der Waals surface area contributed by atoms with E-state index in [9.17, 15) is 35.9 Å². The zero-order valence-corrected chi connectivity index (χ0v) is 9.65. The first kappa shape index (κ1) is 16.9. The van der Waals surface area contributed by atoms with Gasteiger partial charge in [0.1, 0.15) is 5.78 Å². The van der Waals surface area contributed by atoms with E-state index in [0.717, 1.165) is 0 Å². The molecule has 0 saturated carbocycles. The lowest BCUT2D eigenvalue weighted by molar-refractivity contribution is -0.253. The van der Waals surface area contributed by atoms with E-state index < -0.39 is 36.3 Å². The summed E-state index contributed by atoms with van der Waals surface area (Å²) in [6.45, 7) is 3.10. The van der Waals surface area contributed by atoms with Crippen LogP contribution in [0.1, 0.15) is 26.7 Å². The van der Waals surface area contributed by atoms with Gasteiger partial charge in [-0.15, -0.1) is 0 Å². The molecule has 0 aromatic heterocycles. The highest BCUT2D eigenvalue weighted by atomic mass is 19.3. The molecule has 0 fully saturated rings. The molecule has 0 aliphatic carbocycles. The molecule has 18 heavy (non-hydrogen) atoms. The molecule has 0 atom stereocenters. The van der Waals surface area contributed by atoms with Crippen molar-refractivity contribution < 1.29 is 35.9 Å². The first-order valence-corrected chi connectivity index (χ1v) is 5.01. The Morgan fingerprint density at radius 2 is 1.50 bits per heavy atom. The van der Waals surface area contributed by atoms with Crippen molar-refractivity contribution in [1.29, 1.82) is 0 Å². The molecule has 0 N–H and O–H groups in total. The molecule has 8 heteroatoms. The maximum absolute atomic E-state index is 12.8. The summed E-state index contributed by atoms with van der Waals surface area (Å²) in [7, 11) is 0. The predicted octanol–water partition coefficient (Wildman–Crippen LogP) is 3.10. The largest absolute Gasteiger partial charge is 0.376 e. The fourth-order valence-corrected chi connectivity index (χ4v) is 1.14. The molecule has 0 rings (SSSR count). The van der Waals surface area contributed by atoms with Crippen molar-refractivity contribution in [2.24, 2.45) is 5.92 Å². The topological polar surface area (TPSA) is 34.1 Å². The summed E-state index contributed by atoms with van der Waals surface area (Å²) in [5.74, 6) is -15.1. The Bertz CT molecular complexity index is 324. The Labute approximate surface area is 99.3 Å². The molecule has 0 bridgehead atoms. The van der Waals surface area contributed by atoms with Crippen molar-refractivity contribution in [3.05, 3.63) is 0 Å². The van der Waals surface area contributed by atoms with Crippen LogP contribution in [0.3, 0.4) is 0 Å². The number of hydrogen-bond acceptors (Lipinski definition) is 2. The van der Waals surface area contributed by atoms with Gasteiger partial charge in [0.15, 0.2) is 0 Å². The van der Waals surface area contributed by atoms with Gasteiger partial charge in [-0.1, -0.05) is 13.8 Å². The van der Waals surface area contributed by atoms with Gasteiger partial charge in [-0.3, -0.25) is 9.59 Å². The summed E-state index contributed by atoms with van der Waals surface area (Å²) in [6.07, 6.45) is -6.42. The van der Waals surface area contributed by atoms with Crippen LogP contribution >= 0.6 is 0 Å². The van der Waals surface area contributed by atoms with Crippen molar-refractivity contribution in [2.45, 2.75) is 45.0 Å². The lowest BCUT2D eigenvalue weighted by Gasteiger charge is -2.24. The molecular weight excluding hydrogens is 266 g/mol. The number of alkyl halides is 6. The number of carbonyl (C=O) groups is 2. The summed E-state index contributed by atoms with van der Waals surface area (Å²) >= 11 is 0. The smallest absolute Gasteiger partial charge is 0.299 e. The van der Waals surface area contributed by atoms with Gasteiger partial charge < -0.3 is 0 Å². The summed E-state index contributed by atoms with van der Waals surface area (Å²) in [4.78, 5) is 21.8. The van der Waals surface area contributed by atoms with E-state index in [1.165, 1.54) is 0 Å². The van der Waals surface area contributed by atoms with E-state index in [1.54, 1.807) is 13.8 Å². The van der Waals surface area contributed by atoms with Crippen molar-refractivity contribution in [3.8, 4) is 0 Å². The molecule has 106 valence electrons. The Morgan fingerprint density at radius 3 is 1.83 bits per heavy atom. The Kier molecular flexibility index (Phi) is 5.36. The van der Waals surface area contributed by atoms with Crippen LogP contribution in [0.25, 0.3) is 0 Å². The van der Waals surface area contributed by atoms with Gasteiger partial charge in [-0.05, 0) is 5.92 Å². The fourth-order valence-electron chi connectivity index (χ4n) is 1.14. The summed E-state index contributed by atoms with van der Waals surface area (Å²) in [5.41, 5.74) is 0. The first-order valence-electron chi connectivity index (χ1n) is 5.01.